The molecule has 1 heterocycles. The fraction of sp³-hybridized carbons (Fsp3) is 0.750. The standard InChI is InChI=1S/C12H22N2OS/c1-11(2,3)10-14-8(9(13)16-10)7-12(4,5)15-6/h7,13H2,1-6H3. The predicted molar refractivity (Wildman–Crippen MR) is 70.0 cm³/mol. The van der Waals surface area contributed by atoms with Crippen molar-refractivity contribution in [3.8, 4) is 0 Å². The molecule has 0 saturated carbocycles. The first-order valence-electron chi connectivity index (χ1n) is 5.46. The number of ether oxygens (including phenoxy) is 1. The van der Waals surface area contributed by atoms with Crippen molar-refractivity contribution in [3.05, 3.63) is 10.7 Å². The van der Waals surface area contributed by atoms with Crippen LogP contribution in [0.15, 0.2) is 0 Å². The van der Waals surface area contributed by atoms with Gasteiger partial charge in [-0.3, -0.25) is 0 Å². The summed E-state index contributed by atoms with van der Waals surface area (Å²) in [6, 6.07) is 0. The lowest BCUT2D eigenvalue weighted by atomic mass is 9.98. The van der Waals surface area contributed by atoms with Crippen molar-refractivity contribution < 1.29 is 4.74 Å². The number of nitrogen functional groups attached to an aromatic ring is 1. The molecule has 0 bridgehead atoms. The summed E-state index contributed by atoms with van der Waals surface area (Å²) in [6.45, 7) is 10.5. The highest BCUT2D eigenvalue weighted by Gasteiger charge is 2.25. The van der Waals surface area contributed by atoms with Crippen molar-refractivity contribution >= 4 is 16.3 Å². The molecule has 0 aromatic carbocycles. The van der Waals surface area contributed by atoms with E-state index in [9.17, 15) is 0 Å². The summed E-state index contributed by atoms with van der Waals surface area (Å²) in [5.74, 6) is 0. The van der Waals surface area contributed by atoms with Gasteiger partial charge in [-0.05, 0) is 13.8 Å². The highest BCUT2D eigenvalue weighted by atomic mass is 32.1. The second kappa shape index (κ2) is 4.34. The van der Waals surface area contributed by atoms with Crippen LogP contribution in [0.1, 0.15) is 45.3 Å². The number of methoxy groups -OCH3 is 1. The molecule has 1 aromatic heterocycles. The Morgan fingerprint density at radius 3 is 2.19 bits per heavy atom. The summed E-state index contributed by atoms with van der Waals surface area (Å²) in [5, 5.41) is 1.90. The Hall–Kier alpha value is -0.610. The zero-order valence-corrected chi connectivity index (χ0v) is 11.9. The van der Waals surface area contributed by atoms with Crippen molar-refractivity contribution in [3.63, 3.8) is 0 Å². The van der Waals surface area contributed by atoms with Gasteiger partial charge < -0.3 is 10.5 Å². The molecule has 0 aliphatic heterocycles. The van der Waals surface area contributed by atoms with Crippen molar-refractivity contribution in [2.45, 2.75) is 52.1 Å². The minimum atomic E-state index is -0.211. The molecule has 2 N–H and O–H groups in total. The third-order valence-electron chi connectivity index (χ3n) is 2.51. The van der Waals surface area contributed by atoms with E-state index in [-0.39, 0.29) is 11.0 Å². The van der Waals surface area contributed by atoms with Crippen molar-refractivity contribution in [1.82, 2.24) is 4.98 Å². The van der Waals surface area contributed by atoms with Gasteiger partial charge in [0.15, 0.2) is 0 Å². The number of nitrogens with two attached hydrogens (primary N) is 1. The average Bonchev–Trinajstić information content (AvgIpc) is 2.47. The lowest BCUT2D eigenvalue weighted by molar-refractivity contribution is 0.0226. The summed E-state index contributed by atoms with van der Waals surface area (Å²) < 4.78 is 5.40. The molecule has 92 valence electrons. The van der Waals surface area contributed by atoms with E-state index in [4.69, 9.17) is 10.5 Å². The second-order valence-electron chi connectivity index (χ2n) is 5.72. The van der Waals surface area contributed by atoms with Gasteiger partial charge >= 0.3 is 0 Å². The SMILES string of the molecule is COC(C)(C)Cc1nc(C(C)(C)C)sc1N. The third-order valence-corrected chi connectivity index (χ3v) is 3.87. The fourth-order valence-electron chi connectivity index (χ4n) is 1.29. The van der Waals surface area contributed by atoms with E-state index < -0.39 is 0 Å². The van der Waals surface area contributed by atoms with Crippen LogP contribution in [0.25, 0.3) is 0 Å². The molecule has 4 heteroatoms. The van der Waals surface area contributed by atoms with Crippen LogP contribution in [0.3, 0.4) is 0 Å². The number of aromatic nitrogens is 1. The van der Waals surface area contributed by atoms with Gasteiger partial charge in [-0.1, -0.05) is 20.8 Å². The third kappa shape index (κ3) is 3.19. The van der Waals surface area contributed by atoms with E-state index in [1.807, 2.05) is 13.8 Å². The van der Waals surface area contributed by atoms with E-state index in [0.29, 0.717) is 0 Å². The number of nitrogens with zero attached hydrogens (tertiary/aromatic N) is 1. The summed E-state index contributed by atoms with van der Waals surface area (Å²) >= 11 is 1.58. The maximum absolute atomic E-state index is 6.00. The topological polar surface area (TPSA) is 48.1 Å². The minimum Gasteiger partial charge on any atom is -0.389 e. The molecule has 1 aromatic rings. The Balaban J connectivity index is 2.95. The minimum absolute atomic E-state index is 0.0637. The molecule has 1 rings (SSSR count). The molecule has 0 amide bonds. The Bertz CT molecular complexity index is 364. The number of hydrogen-bond donors (Lipinski definition) is 1. The Labute approximate surface area is 102 Å². The van der Waals surface area contributed by atoms with E-state index in [2.05, 4.69) is 25.8 Å². The van der Waals surface area contributed by atoms with Gasteiger partial charge in [0.1, 0.15) is 10.0 Å². The Morgan fingerprint density at radius 1 is 1.25 bits per heavy atom. The smallest absolute Gasteiger partial charge is 0.109 e. The van der Waals surface area contributed by atoms with Gasteiger partial charge in [-0.2, -0.15) is 0 Å². The largest absolute Gasteiger partial charge is 0.389 e. The average molecular weight is 242 g/mol. The molecule has 0 spiro atoms. The first-order chi connectivity index (χ1) is 7.15. The van der Waals surface area contributed by atoms with Crippen molar-refractivity contribution in [2.75, 3.05) is 12.8 Å². The molecular weight excluding hydrogens is 220 g/mol. The van der Waals surface area contributed by atoms with Crippen LogP contribution in [0, 0.1) is 0 Å². The normalized spacial score (nSPS) is 13.1. The zero-order chi connectivity index (χ0) is 12.6. The van der Waals surface area contributed by atoms with Crippen LogP contribution in [0.5, 0.6) is 0 Å². The molecule has 0 fully saturated rings. The fourth-order valence-corrected chi connectivity index (χ4v) is 2.19. The summed E-state index contributed by atoms with van der Waals surface area (Å²) in [6.07, 6.45) is 0.752. The van der Waals surface area contributed by atoms with Gasteiger partial charge in [0.05, 0.1) is 11.3 Å². The lowest BCUT2D eigenvalue weighted by Crippen LogP contribution is -2.26. The molecule has 0 atom stereocenters. The highest BCUT2D eigenvalue weighted by Crippen LogP contribution is 2.32. The Kier molecular flexibility index (Phi) is 3.65. The summed E-state index contributed by atoms with van der Waals surface area (Å²) in [5.41, 5.74) is 6.81. The first-order valence-corrected chi connectivity index (χ1v) is 6.28. The van der Waals surface area contributed by atoms with Gasteiger partial charge in [0.25, 0.3) is 0 Å². The van der Waals surface area contributed by atoms with Crippen molar-refractivity contribution in [2.24, 2.45) is 0 Å². The van der Waals surface area contributed by atoms with Crippen LogP contribution in [0.4, 0.5) is 5.00 Å². The van der Waals surface area contributed by atoms with E-state index >= 15 is 0 Å². The van der Waals surface area contributed by atoms with Crippen LogP contribution in [0.2, 0.25) is 0 Å². The van der Waals surface area contributed by atoms with Crippen molar-refractivity contribution in [1.29, 1.82) is 0 Å². The van der Waals surface area contributed by atoms with Gasteiger partial charge in [0.2, 0.25) is 0 Å². The second-order valence-corrected chi connectivity index (χ2v) is 6.75. The van der Waals surface area contributed by atoms with E-state index in [1.54, 1.807) is 18.4 Å². The molecule has 16 heavy (non-hydrogen) atoms. The maximum atomic E-state index is 6.00. The van der Waals surface area contributed by atoms with Crippen LogP contribution < -0.4 is 5.73 Å². The summed E-state index contributed by atoms with van der Waals surface area (Å²) in [4.78, 5) is 4.63. The molecule has 0 saturated heterocycles. The molecular formula is C12H22N2OS. The highest BCUT2D eigenvalue weighted by molar-refractivity contribution is 7.15. The van der Waals surface area contributed by atoms with E-state index in [0.717, 1.165) is 22.1 Å². The van der Waals surface area contributed by atoms with Crippen LogP contribution >= 0.6 is 11.3 Å². The quantitative estimate of drug-likeness (QED) is 0.886. The predicted octanol–water partition coefficient (Wildman–Crippen LogP) is 2.99. The molecule has 0 radical (unpaired) electrons. The molecule has 0 aliphatic carbocycles. The molecule has 0 unspecified atom stereocenters. The molecule has 0 aliphatic rings. The maximum Gasteiger partial charge on any atom is 0.109 e. The zero-order valence-electron chi connectivity index (χ0n) is 11.0. The number of rotatable bonds is 3. The van der Waals surface area contributed by atoms with E-state index in [1.165, 1.54) is 0 Å². The van der Waals surface area contributed by atoms with Crippen LogP contribution in [-0.4, -0.2) is 17.7 Å². The number of anilines is 1. The van der Waals surface area contributed by atoms with Gasteiger partial charge in [0, 0.05) is 18.9 Å². The molecule has 3 nitrogen and oxygen atoms in total. The van der Waals surface area contributed by atoms with Gasteiger partial charge in [-0.15, -0.1) is 11.3 Å². The van der Waals surface area contributed by atoms with Gasteiger partial charge in [-0.25, -0.2) is 4.98 Å². The summed E-state index contributed by atoms with van der Waals surface area (Å²) in [7, 11) is 1.72. The Morgan fingerprint density at radius 2 is 1.81 bits per heavy atom. The number of thiazole rings is 1. The first kappa shape index (κ1) is 13.5. The monoisotopic (exact) mass is 242 g/mol. The lowest BCUT2D eigenvalue weighted by Gasteiger charge is -2.21. The number of hydrogen-bond acceptors (Lipinski definition) is 4. The van der Waals surface area contributed by atoms with Crippen LogP contribution in [-0.2, 0) is 16.6 Å².